The number of carbonyl (C=O) groups excluding carboxylic acids is 1. The largest absolute Gasteiger partial charge is 0.463 e. The van der Waals surface area contributed by atoms with E-state index in [4.69, 9.17) is 0 Å². The minimum Gasteiger partial charge on any atom is -0.463 e. The van der Waals surface area contributed by atoms with E-state index in [2.05, 4.69) is 4.74 Å². The summed E-state index contributed by atoms with van der Waals surface area (Å²) in [4.78, 5) is 10.6. The Hall–Kier alpha value is -1.63. The van der Waals surface area contributed by atoms with Crippen LogP contribution in [0.25, 0.3) is 0 Å². The summed E-state index contributed by atoms with van der Waals surface area (Å²) in [5.74, 6) is -35.6. The van der Waals surface area contributed by atoms with Crippen LogP contribution in [0.1, 0.15) is 6.92 Å². The summed E-state index contributed by atoms with van der Waals surface area (Å²) in [6.07, 6.45) is -8.43. The third-order valence-corrected chi connectivity index (χ3v) is 2.37. The van der Waals surface area contributed by atoms with E-state index in [1.54, 1.807) is 0 Å². The lowest BCUT2D eigenvalue weighted by molar-refractivity contribution is -0.419. The number of hydrogen-bond donors (Lipinski definition) is 0. The molecule has 0 spiro atoms. The lowest BCUT2D eigenvalue weighted by atomic mass is 9.97. The van der Waals surface area contributed by atoms with Gasteiger partial charge in [-0.1, -0.05) is 0 Å². The lowest BCUT2D eigenvalue weighted by Gasteiger charge is -2.36. The Balaban J connectivity index is 6.07. The van der Waals surface area contributed by atoms with Gasteiger partial charge in [-0.3, -0.25) is 0 Å². The number of ether oxygens (including phenoxy) is 1. The molecule has 0 aliphatic carbocycles. The molecule has 14 heteroatoms. The van der Waals surface area contributed by atoms with Gasteiger partial charge in [0.2, 0.25) is 0 Å². The first kappa shape index (κ1) is 22.4. The van der Waals surface area contributed by atoms with E-state index in [0.717, 1.165) is 6.92 Å². The van der Waals surface area contributed by atoms with Crippen molar-refractivity contribution >= 4 is 5.97 Å². The molecule has 0 atom stereocenters. The van der Waals surface area contributed by atoms with E-state index in [1.165, 1.54) is 0 Å². The van der Waals surface area contributed by atoms with Crippen molar-refractivity contribution in [3.8, 4) is 0 Å². The first-order chi connectivity index (χ1) is 10.4. The van der Waals surface area contributed by atoms with Crippen LogP contribution in [0.2, 0.25) is 0 Å². The smallest absolute Gasteiger partial charge is 0.460 e. The monoisotopic (exact) mass is 386 g/mol. The van der Waals surface area contributed by atoms with Gasteiger partial charge in [0.15, 0.2) is 5.83 Å². The van der Waals surface area contributed by atoms with Gasteiger partial charge in [0.1, 0.15) is 0 Å². The predicted octanol–water partition coefficient (Wildman–Crippen LogP) is 4.51. The molecule has 0 heterocycles. The van der Waals surface area contributed by atoms with Gasteiger partial charge in [0, 0.05) is 0 Å². The Bertz CT molecular complexity index is 504. The quantitative estimate of drug-likeness (QED) is 0.382. The van der Waals surface area contributed by atoms with Crippen LogP contribution in [0, 0.1) is 0 Å². The van der Waals surface area contributed by atoms with Gasteiger partial charge in [0.05, 0.1) is 12.7 Å². The molecule has 142 valence electrons. The molecule has 0 amide bonds. The molecule has 0 aromatic heterocycles. The zero-order chi connectivity index (χ0) is 19.8. The molecule has 24 heavy (non-hydrogen) atoms. The molecule has 0 bridgehead atoms. The van der Waals surface area contributed by atoms with Crippen molar-refractivity contribution in [1.29, 1.82) is 0 Å². The van der Waals surface area contributed by atoms with Gasteiger partial charge in [-0.15, -0.1) is 0 Å². The Morgan fingerprint density at radius 1 is 0.833 bits per heavy atom. The van der Waals surface area contributed by atoms with E-state index in [0.29, 0.717) is 0 Å². The fraction of sp³-hybridized carbons (Fsp3) is 0.700. The molecular formula is C10H6F12O2. The molecule has 0 aromatic rings. The molecule has 0 N–H and O–H groups in total. The minimum absolute atomic E-state index is 0.604. The van der Waals surface area contributed by atoms with Crippen LogP contribution in [0.15, 0.2) is 11.9 Å². The van der Waals surface area contributed by atoms with E-state index in [1.807, 2.05) is 0 Å². The van der Waals surface area contributed by atoms with Crippen LogP contribution in [-0.4, -0.2) is 42.4 Å². The van der Waals surface area contributed by atoms with E-state index < -0.39 is 54.3 Å². The third kappa shape index (κ3) is 3.41. The van der Waals surface area contributed by atoms with Gasteiger partial charge >= 0.3 is 35.8 Å². The second-order valence-corrected chi connectivity index (χ2v) is 4.04. The fourth-order valence-corrected chi connectivity index (χ4v) is 1.10. The molecule has 0 rings (SSSR count). The molecule has 0 saturated heterocycles. The minimum atomic E-state index is -7.75. The Morgan fingerprint density at radius 2 is 1.25 bits per heavy atom. The zero-order valence-corrected chi connectivity index (χ0v) is 11.1. The molecule has 2 nitrogen and oxygen atoms in total. The first-order valence-electron chi connectivity index (χ1n) is 5.50. The van der Waals surface area contributed by atoms with E-state index in [-0.39, 0.29) is 0 Å². The van der Waals surface area contributed by atoms with Gasteiger partial charge in [-0.05, 0) is 6.92 Å². The number of halogens is 12. The van der Waals surface area contributed by atoms with E-state index in [9.17, 15) is 57.5 Å². The molecule has 0 aliphatic rings. The summed E-state index contributed by atoms with van der Waals surface area (Å²) in [5.41, 5.74) is 0. The highest BCUT2D eigenvalue weighted by atomic mass is 19.4. The maximum absolute atomic E-state index is 13.0. The number of alkyl halides is 11. The Labute approximate surface area is 125 Å². The highest BCUT2D eigenvalue weighted by Crippen LogP contribution is 2.58. The van der Waals surface area contributed by atoms with Crippen molar-refractivity contribution in [2.45, 2.75) is 36.8 Å². The highest BCUT2D eigenvalue weighted by Gasteiger charge is 2.87. The third-order valence-electron chi connectivity index (χ3n) is 2.37. The number of esters is 1. The van der Waals surface area contributed by atoms with Gasteiger partial charge in [-0.2, -0.15) is 48.3 Å². The number of hydrogen-bond acceptors (Lipinski definition) is 2. The number of rotatable bonds is 6. The topological polar surface area (TPSA) is 26.3 Å². The Kier molecular flexibility index (Phi) is 5.92. The highest BCUT2D eigenvalue weighted by molar-refractivity contribution is 5.82. The SMILES string of the molecule is CCOC(=O)/C=C(\F)C(F)(F)C(F)(F)C(F)(F)C(F)(F)C(F)(F)F. The van der Waals surface area contributed by atoms with Crippen LogP contribution in [0.3, 0.4) is 0 Å². The first-order valence-corrected chi connectivity index (χ1v) is 5.50. The van der Waals surface area contributed by atoms with Crippen LogP contribution >= 0.6 is 0 Å². The van der Waals surface area contributed by atoms with Crippen LogP contribution in [0.5, 0.6) is 0 Å². The van der Waals surface area contributed by atoms with Crippen molar-refractivity contribution in [2.75, 3.05) is 6.61 Å². The molecule has 0 aromatic carbocycles. The molecule has 0 fully saturated rings. The van der Waals surface area contributed by atoms with Crippen LogP contribution in [0.4, 0.5) is 52.7 Å². The van der Waals surface area contributed by atoms with Gasteiger partial charge < -0.3 is 4.74 Å². The predicted molar refractivity (Wildman–Crippen MR) is 51.7 cm³/mol. The van der Waals surface area contributed by atoms with Crippen molar-refractivity contribution in [2.24, 2.45) is 0 Å². The van der Waals surface area contributed by atoms with Crippen LogP contribution < -0.4 is 0 Å². The normalized spacial score (nSPS) is 15.5. The number of carbonyl (C=O) groups is 1. The molecule has 0 unspecified atom stereocenters. The molecule has 0 saturated carbocycles. The molecule has 0 radical (unpaired) electrons. The van der Waals surface area contributed by atoms with Crippen molar-refractivity contribution in [3.63, 3.8) is 0 Å². The maximum atomic E-state index is 13.0. The summed E-state index contributed by atoms with van der Waals surface area (Å²) in [5, 5.41) is 0. The molecule has 0 aliphatic heterocycles. The number of allylic oxidation sites excluding steroid dienone is 1. The van der Waals surface area contributed by atoms with E-state index >= 15 is 0 Å². The standard InChI is InChI=1S/C10H6F12O2/c1-2-24-5(23)3-4(11)6(12,13)7(14,15)8(16,17)9(18,19)10(20,21)22/h3H,2H2,1H3/b4-3-. The van der Waals surface area contributed by atoms with Crippen molar-refractivity contribution in [3.05, 3.63) is 11.9 Å². The Morgan fingerprint density at radius 3 is 1.58 bits per heavy atom. The summed E-state index contributed by atoms with van der Waals surface area (Å²) in [7, 11) is 0. The second kappa shape index (κ2) is 6.35. The summed E-state index contributed by atoms with van der Waals surface area (Å²) < 4.78 is 155. The zero-order valence-electron chi connectivity index (χ0n) is 11.1. The summed E-state index contributed by atoms with van der Waals surface area (Å²) in [6.45, 7) is 0.432. The molecular weight excluding hydrogens is 380 g/mol. The average molecular weight is 386 g/mol. The average Bonchev–Trinajstić information content (AvgIpc) is 2.36. The summed E-state index contributed by atoms with van der Waals surface area (Å²) in [6, 6.07) is 0. The van der Waals surface area contributed by atoms with Gasteiger partial charge in [0.25, 0.3) is 0 Å². The van der Waals surface area contributed by atoms with Gasteiger partial charge in [-0.25, -0.2) is 9.18 Å². The summed E-state index contributed by atoms with van der Waals surface area (Å²) >= 11 is 0. The lowest BCUT2D eigenvalue weighted by Crippen LogP contribution is -2.66. The second-order valence-electron chi connectivity index (χ2n) is 4.04. The van der Waals surface area contributed by atoms with Crippen LogP contribution in [-0.2, 0) is 9.53 Å². The van der Waals surface area contributed by atoms with Crippen molar-refractivity contribution < 1.29 is 62.2 Å². The van der Waals surface area contributed by atoms with Crippen molar-refractivity contribution in [1.82, 2.24) is 0 Å². The maximum Gasteiger partial charge on any atom is 0.460 e. The fourth-order valence-electron chi connectivity index (χ4n) is 1.10.